The molecule has 1 aromatic rings. The van der Waals surface area contributed by atoms with Crippen LogP contribution in [0.1, 0.15) is 32.8 Å². The summed E-state index contributed by atoms with van der Waals surface area (Å²) in [6.07, 6.45) is 1.99. The lowest BCUT2D eigenvalue weighted by molar-refractivity contribution is 0.293. The van der Waals surface area contributed by atoms with E-state index in [2.05, 4.69) is 26.1 Å². The minimum absolute atomic E-state index is 0.192. The zero-order chi connectivity index (χ0) is 12.9. The minimum Gasteiger partial charge on any atom is -0.316 e. The van der Waals surface area contributed by atoms with Gasteiger partial charge in [-0.15, -0.1) is 0 Å². The Labute approximate surface area is 108 Å². The van der Waals surface area contributed by atoms with Crippen molar-refractivity contribution in [3.63, 3.8) is 0 Å². The molecule has 1 atom stereocenters. The third-order valence-corrected chi connectivity index (χ3v) is 3.56. The lowest BCUT2D eigenvalue weighted by atomic mass is 9.81. The van der Waals surface area contributed by atoms with Crippen molar-refractivity contribution in [1.82, 2.24) is 5.32 Å². The molecule has 17 heavy (non-hydrogen) atoms. The van der Waals surface area contributed by atoms with Gasteiger partial charge in [-0.05, 0) is 42.5 Å². The summed E-state index contributed by atoms with van der Waals surface area (Å²) >= 11 is 5.80. The first-order chi connectivity index (χ1) is 8.00. The fourth-order valence-electron chi connectivity index (χ4n) is 1.88. The molecule has 0 aliphatic heterocycles. The molecule has 0 fully saturated rings. The highest BCUT2D eigenvalue weighted by molar-refractivity contribution is 6.30. The van der Waals surface area contributed by atoms with Crippen LogP contribution in [0.2, 0.25) is 5.02 Å². The Bertz CT molecular complexity index is 367. The van der Waals surface area contributed by atoms with Crippen molar-refractivity contribution < 1.29 is 4.39 Å². The third kappa shape index (κ3) is 4.29. The smallest absolute Gasteiger partial charge is 0.141 e. The predicted molar refractivity (Wildman–Crippen MR) is 72.1 cm³/mol. The summed E-state index contributed by atoms with van der Waals surface area (Å²) in [5.74, 6) is -0.347. The Hall–Kier alpha value is -0.600. The Kier molecular flexibility index (Phi) is 5.41. The van der Waals surface area contributed by atoms with Crippen molar-refractivity contribution >= 4 is 11.6 Å². The lowest BCUT2D eigenvalue weighted by Crippen LogP contribution is -2.33. The highest BCUT2D eigenvalue weighted by Gasteiger charge is 2.22. The maximum atomic E-state index is 13.1. The minimum atomic E-state index is -0.347. The molecule has 1 rings (SSSR count). The molecule has 96 valence electrons. The molecular formula is C14H21ClFN. The second-order valence-corrected chi connectivity index (χ2v) is 5.28. The zero-order valence-corrected chi connectivity index (χ0v) is 11.6. The third-order valence-electron chi connectivity index (χ3n) is 3.27. The van der Waals surface area contributed by atoms with E-state index < -0.39 is 0 Å². The number of benzene rings is 1. The van der Waals surface area contributed by atoms with E-state index in [1.54, 1.807) is 6.07 Å². The van der Waals surface area contributed by atoms with Gasteiger partial charge in [-0.3, -0.25) is 0 Å². The Morgan fingerprint density at radius 2 is 2.06 bits per heavy atom. The van der Waals surface area contributed by atoms with Gasteiger partial charge in [0.05, 0.1) is 5.02 Å². The van der Waals surface area contributed by atoms with Crippen LogP contribution in [-0.2, 0) is 6.42 Å². The molecule has 1 N–H and O–H groups in total. The molecule has 0 radical (unpaired) electrons. The van der Waals surface area contributed by atoms with E-state index in [9.17, 15) is 4.39 Å². The summed E-state index contributed by atoms with van der Waals surface area (Å²) in [7, 11) is 0. The van der Waals surface area contributed by atoms with Gasteiger partial charge < -0.3 is 5.32 Å². The molecule has 1 aromatic carbocycles. The number of halogens is 2. The first kappa shape index (κ1) is 14.5. The van der Waals surface area contributed by atoms with Crippen molar-refractivity contribution in [3.8, 4) is 0 Å². The van der Waals surface area contributed by atoms with Gasteiger partial charge in [0.1, 0.15) is 5.82 Å². The summed E-state index contributed by atoms with van der Waals surface area (Å²) < 4.78 is 13.1. The average molecular weight is 258 g/mol. The largest absolute Gasteiger partial charge is 0.316 e. The van der Waals surface area contributed by atoms with Crippen LogP contribution in [0.3, 0.4) is 0 Å². The molecule has 1 unspecified atom stereocenters. The van der Waals surface area contributed by atoms with Gasteiger partial charge in [-0.2, -0.15) is 0 Å². The van der Waals surface area contributed by atoms with Crippen LogP contribution >= 0.6 is 11.6 Å². The fraction of sp³-hybridized carbons (Fsp3) is 0.571. The number of rotatable bonds is 6. The van der Waals surface area contributed by atoms with Crippen LogP contribution in [0.5, 0.6) is 0 Å². The van der Waals surface area contributed by atoms with Gasteiger partial charge in [0.2, 0.25) is 0 Å². The molecule has 0 aliphatic rings. The van der Waals surface area contributed by atoms with E-state index in [4.69, 9.17) is 11.6 Å². The molecule has 0 bridgehead atoms. The monoisotopic (exact) mass is 257 g/mol. The fourth-order valence-corrected chi connectivity index (χ4v) is 2.08. The van der Waals surface area contributed by atoms with E-state index >= 15 is 0 Å². The standard InChI is InChI=1S/C14H21ClFN/c1-4-14(3,10-17-5-2)9-11-6-7-13(16)12(15)8-11/h6-8,17H,4-5,9-10H2,1-3H3. The van der Waals surface area contributed by atoms with Crippen LogP contribution in [-0.4, -0.2) is 13.1 Å². The van der Waals surface area contributed by atoms with Crippen molar-refractivity contribution in [3.05, 3.63) is 34.6 Å². The summed E-state index contributed by atoms with van der Waals surface area (Å²) in [6.45, 7) is 8.47. The van der Waals surface area contributed by atoms with Crippen LogP contribution in [0.25, 0.3) is 0 Å². The maximum Gasteiger partial charge on any atom is 0.141 e. The number of nitrogens with one attached hydrogen (secondary N) is 1. The van der Waals surface area contributed by atoms with Gasteiger partial charge in [-0.25, -0.2) is 4.39 Å². The van der Waals surface area contributed by atoms with Crippen LogP contribution in [0.15, 0.2) is 18.2 Å². The van der Waals surface area contributed by atoms with E-state index in [0.29, 0.717) is 0 Å². The molecule has 0 amide bonds. The highest BCUT2D eigenvalue weighted by Crippen LogP contribution is 2.27. The molecule has 0 aliphatic carbocycles. The molecule has 0 heterocycles. The first-order valence-corrected chi connectivity index (χ1v) is 6.53. The molecule has 0 saturated carbocycles. The highest BCUT2D eigenvalue weighted by atomic mass is 35.5. The summed E-state index contributed by atoms with van der Waals surface area (Å²) in [5.41, 5.74) is 1.29. The van der Waals surface area contributed by atoms with Crippen molar-refractivity contribution in [1.29, 1.82) is 0 Å². The summed E-state index contributed by atoms with van der Waals surface area (Å²) in [4.78, 5) is 0. The lowest BCUT2D eigenvalue weighted by Gasteiger charge is -2.28. The average Bonchev–Trinajstić information content (AvgIpc) is 2.31. The van der Waals surface area contributed by atoms with Gasteiger partial charge >= 0.3 is 0 Å². The maximum absolute atomic E-state index is 13.1. The Morgan fingerprint density at radius 3 is 2.59 bits per heavy atom. The van der Waals surface area contributed by atoms with Crippen LogP contribution in [0.4, 0.5) is 4.39 Å². The van der Waals surface area contributed by atoms with Gasteiger partial charge in [-0.1, -0.05) is 38.4 Å². The number of hydrogen-bond acceptors (Lipinski definition) is 1. The molecule has 0 spiro atoms. The summed E-state index contributed by atoms with van der Waals surface area (Å²) in [6, 6.07) is 5.00. The normalized spacial score (nSPS) is 14.6. The van der Waals surface area contributed by atoms with E-state index in [-0.39, 0.29) is 16.3 Å². The first-order valence-electron chi connectivity index (χ1n) is 6.15. The van der Waals surface area contributed by atoms with Crippen LogP contribution < -0.4 is 5.32 Å². The predicted octanol–water partition coefficient (Wildman–Crippen LogP) is 4.05. The molecular weight excluding hydrogens is 237 g/mol. The Morgan fingerprint density at radius 1 is 1.35 bits per heavy atom. The SMILES string of the molecule is CCNCC(C)(CC)Cc1ccc(F)c(Cl)c1. The van der Waals surface area contributed by atoms with Gasteiger partial charge in [0, 0.05) is 6.54 Å². The van der Waals surface area contributed by atoms with Crippen molar-refractivity contribution in [2.75, 3.05) is 13.1 Å². The number of hydrogen-bond donors (Lipinski definition) is 1. The van der Waals surface area contributed by atoms with Gasteiger partial charge in [0.15, 0.2) is 0 Å². The molecule has 0 saturated heterocycles. The second kappa shape index (κ2) is 6.36. The van der Waals surface area contributed by atoms with E-state index in [0.717, 1.165) is 31.5 Å². The van der Waals surface area contributed by atoms with Crippen molar-refractivity contribution in [2.24, 2.45) is 5.41 Å². The second-order valence-electron chi connectivity index (χ2n) is 4.87. The zero-order valence-electron chi connectivity index (χ0n) is 10.8. The van der Waals surface area contributed by atoms with E-state index in [1.807, 2.05) is 6.07 Å². The quantitative estimate of drug-likeness (QED) is 0.811. The topological polar surface area (TPSA) is 12.0 Å². The van der Waals surface area contributed by atoms with Crippen molar-refractivity contribution in [2.45, 2.75) is 33.6 Å². The van der Waals surface area contributed by atoms with E-state index in [1.165, 1.54) is 6.07 Å². The molecule has 0 aromatic heterocycles. The molecule has 1 nitrogen and oxygen atoms in total. The Balaban J connectivity index is 2.76. The molecule has 3 heteroatoms. The van der Waals surface area contributed by atoms with Crippen LogP contribution in [0, 0.1) is 11.2 Å². The summed E-state index contributed by atoms with van der Waals surface area (Å²) in [5, 5.41) is 3.59. The van der Waals surface area contributed by atoms with Gasteiger partial charge in [0.25, 0.3) is 0 Å².